The number of aromatic nitrogens is 2. The highest BCUT2D eigenvalue weighted by molar-refractivity contribution is 5.96. The zero-order chi connectivity index (χ0) is 42.6. The van der Waals surface area contributed by atoms with Crippen LogP contribution in [0.4, 0.5) is 17.1 Å². The van der Waals surface area contributed by atoms with Crippen LogP contribution < -0.4 is 4.90 Å². The summed E-state index contributed by atoms with van der Waals surface area (Å²) >= 11 is 0. The quantitative estimate of drug-likeness (QED) is 0.168. The lowest BCUT2D eigenvalue weighted by Gasteiger charge is -2.45. The molecule has 1 spiro atoms. The van der Waals surface area contributed by atoms with Crippen LogP contribution in [0.25, 0.3) is 67.3 Å². The highest BCUT2D eigenvalue weighted by atomic mass is 15.2. The van der Waals surface area contributed by atoms with E-state index in [1.54, 1.807) is 0 Å². The van der Waals surface area contributed by atoms with Gasteiger partial charge in [0.1, 0.15) is 0 Å². The first-order chi connectivity index (χ1) is 31.7. The Balaban J connectivity index is 1.04. The van der Waals surface area contributed by atoms with Crippen LogP contribution in [-0.2, 0) is 5.41 Å². The van der Waals surface area contributed by atoms with Crippen LogP contribution in [-0.4, -0.2) is 9.97 Å². The summed E-state index contributed by atoms with van der Waals surface area (Å²) in [5.74, 6) is 0.646. The number of rotatable bonds is 6. The van der Waals surface area contributed by atoms with E-state index in [9.17, 15) is 5.26 Å². The molecule has 9 aromatic carbocycles. The predicted octanol–water partition coefficient (Wildman–Crippen LogP) is 14.8. The summed E-state index contributed by atoms with van der Waals surface area (Å²) in [7, 11) is 0. The smallest absolute Gasteiger partial charge is 0.160 e. The number of benzene rings is 9. The van der Waals surface area contributed by atoms with Gasteiger partial charge >= 0.3 is 0 Å². The first-order valence-electron chi connectivity index (χ1n) is 21.6. The number of nitrogens with zero attached hydrogens (tertiary/aromatic N) is 4. The molecule has 0 unspecified atom stereocenters. The van der Waals surface area contributed by atoms with Crippen molar-refractivity contribution >= 4 is 17.1 Å². The van der Waals surface area contributed by atoms with Gasteiger partial charge in [0.25, 0.3) is 0 Å². The van der Waals surface area contributed by atoms with Gasteiger partial charge in [0.2, 0.25) is 0 Å². The van der Waals surface area contributed by atoms with E-state index in [0.717, 1.165) is 61.7 Å². The van der Waals surface area contributed by atoms with Crippen molar-refractivity contribution in [1.82, 2.24) is 9.97 Å². The van der Waals surface area contributed by atoms with E-state index in [0.29, 0.717) is 11.4 Å². The first-order valence-corrected chi connectivity index (χ1v) is 21.6. The van der Waals surface area contributed by atoms with Gasteiger partial charge in [-0.3, -0.25) is 0 Å². The second-order valence-corrected chi connectivity index (χ2v) is 16.4. The van der Waals surface area contributed by atoms with Crippen molar-refractivity contribution in [3.63, 3.8) is 0 Å². The Hall–Kier alpha value is -8.65. The molecule has 1 aliphatic heterocycles. The maximum atomic E-state index is 9.60. The van der Waals surface area contributed by atoms with Crippen LogP contribution >= 0.6 is 0 Å². The molecule has 0 saturated carbocycles. The molecule has 298 valence electrons. The fraction of sp³-hybridized carbons (Fsp3) is 0.0167. The maximum absolute atomic E-state index is 9.60. The van der Waals surface area contributed by atoms with E-state index in [-0.39, 0.29) is 0 Å². The fourth-order valence-corrected chi connectivity index (χ4v) is 10.1. The highest BCUT2D eigenvalue weighted by Gasteiger charge is 2.51. The molecule has 0 atom stereocenters. The number of hydrogen-bond donors (Lipinski definition) is 0. The molecular weight excluding hydrogens is 777 g/mol. The molecule has 0 fully saturated rings. The number of para-hydroxylation sites is 2. The number of hydrogen-bond acceptors (Lipinski definition) is 4. The van der Waals surface area contributed by atoms with Crippen LogP contribution in [0, 0.1) is 11.3 Å². The number of anilines is 3. The Labute approximate surface area is 372 Å². The van der Waals surface area contributed by atoms with E-state index in [1.807, 2.05) is 42.5 Å². The summed E-state index contributed by atoms with van der Waals surface area (Å²) in [6.45, 7) is 0. The van der Waals surface area contributed by atoms with Gasteiger partial charge in [-0.1, -0.05) is 170 Å². The average Bonchev–Trinajstić information content (AvgIpc) is 3.67. The lowest BCUT2D eigenvalue weighted by atomic mass is 9.64. The van der Waals surface area contributed by atoms with Crippen molar-refractivity contribution in [1.29, 1.82) is 5.26 Å². The molecule has 2 heterocycles. The summed E-state index contributed by atoms with van der Waals surface area (Å²) < 4.78 is 0. The Morgan fingerprint density at radius 1 is 0.359 bits per heavy atom. The van der Waals surface area contributed by atoms with Crippen molar-refractivity contribution in [3.8, 4) is 73.4 Å². The Kier molecular flexibility index (Phi) is 8.74. The largest absolute Gasteiger partial charge is 0.310 e. The first kappa shape index (κ1) is 37.1. The van der Waals surface area contributed by atoms with Crippen molar-refractivity contribution in [2.24, 2.45) is 0 Å². The third-order valence-corrected chi connectivity index (χ3v) is 12.9. The third kappa shape index (κ3) is 5.91. The molecule has 1 aromatic heterocycles. The standard InChI is InChI=1S/C60H38N4/c61-39-40-16-13-19-42(34-40)43-20-14-22-46(35-43)56-38-55(41-17-3-1-4-18-41)62-59(63-56)47-23-15-21-44(36-47)45-32-33-58-54(37-45)60(51-28-9-7-26-49(51)50-27-8-10-29-52(50)60)53-30-11-12-31-57(53)64(58)48-24-5-2-6-25-48/h1-38H. The average molecular weight is 815 g/mol. The Morgan fingerprint density at radius 2 is 0.859 bits per heavy atom. The van der Waals surface area contributed by atoms with Gasteiger partial charge in [0, 0.05) is 22.4 Å². The van der Waals surface area contributed by atoms with Gasteiger partial charge < -0.3 is 4.90 Å². The Morgan fingerprint density at radius 3 is 1.56 bits per heavy atom. The molecule has 2 aliphatic rings. The van der Waals surface area contributed by atoms with Gasteiger partial charge in [0.15, 0.2) is 5.82 Å². The molecule has 0 N–H and O–H groups in total. The van der Waals surface area contributed by atoms with Gasteiger partial charge in [-0.2, -0.15) is 5.26 Å². The minimum Gasteiger partial charge on any atom is -0.310 e. The topological polar surface area (TPSA) is 52.8 Å². The van der Waals surface area contributed by atoms with Crippen LogP contribution in [0.3, 0.4) is 0 Å². The monoisotopic (exact) mass is 814 g/mol. The van der Waals surface area contributed by atoms with E-state index < -0.39 is 5.41 Å². The van der Waals surface area contributed by atoms with Crippen LogP contribution in [0.1, 0.15) is 27.8 Å². The van der Waals surface area contributed by atoms with E-state index >= 15 is 0 Å². The SMILES string of the molecule is N#Cc1cccc(-c2cccc(-c3cc(-c4ccccc4)nc(-c4cccc(-c5ccc6c(c5)C5(c7ccccc7-c7ccccc75)c5ccccc5N6c5ccccc5)c4)n3)c2)c1. The van der Waals surface area contributed by atoms with Gasteiger partial charge in [-0.25, -0.2) is 9.97 Å². The summed E-state index contributed by atoms with van der Waals surface area (Å²) in [6, 6.07) is 84.0. The van der Waals surface area contributed by atoms with E-state index in [1.165, 1.54) is 39.1 Å². The fourth-order valence-electron chi connectivity index (χ4n) is 10.1. The third-order valence-electron chi connectivity index (χ3n) is 12.9. The van der Waals surface area contributed by atoms with Gasteiger partial charge in [-0.15, -0.1) is 0 Å². The summed E-state index contributed by atoms with van der Waals surface area (Å²) in [5, 5.41) is 9.60. The lowest BCUT2D eigenvalue weighted by Crippen LogP contribution is -2.36. The van der Waals surface area contributed by atoms with E-state index in [4.69, 9.17) is 9.97 Å². The minimum atomic E-state index is -0.551. The van der Waals surface area contributed by atoms with E-state index in [2.05, 4.69) is 199 Å². The molecule has 4 nitrogen and oxygen atoms in total. The van der Waals surface area contributed by atoms with Crippen molar-refractivity contribution in [2.45, 2.75) is 5.41 Å². The molecule has 12 rings (SSSR count). The molecule has 0 amide bonds. The van der Waals surface area contributed by atoms with Gasteiger partial charge in [-0.05, 0) is 116 Å². The zero-order valence-electron chi connectivity index (χ0n) is 34.7. The van der Waals surface area contributed by atoms with Crippen LogP contribution in [0.2, 0.25) is 0 Å². The summed E-state index contributed by atoms with van der Waals surface area (Å²) in [5.41, 5.74) is 19.9. The van der Waals surface area contributed by atoms with Crippen molar-refractivity contribution < 1.29 is 0 Å². The maximum Gasteiger partial charge on any atom is 0.160 e. The lowest BCUT2D eigenvalue weighted by molar-refractivity contribution is 0.753. The molecule has 64 heavy (non-hydrogen) atoms. The Bertz CT molecular complexity index is 3430. The molecule has 1 aliphatic carbocycles. The summed E-state index contributed by atoms with van der Waals surface area (Å²) in [4.78, 5) is 12.9. The molecule has 0 radical (unpaired) electrons. The minimum absolute atomic E-state index is 0.551. The number of fused-ring (bicyclic) bond motifs is 9. The zero-order valence-corrected chi connectivity index (χ0v) is 34.7. The molecule has 0 saturated heterocycles. The van der Waals surface area contributed by atoms with Crippen molar-refractivity contribution in [3.05, 3.63) is 258 Å². The van der Waals surface area contributed by atoms with Crippen LogP contribution in [0.5, 0.6) is 0 Å². The molecule has 0 bridgehead atoms. The molecule has 10 aromatic rings. The highest BCUT2D eigenvalue weighted by Crippen LogP contribution is 2.63. The predicted molar refractivity (Wildman–Crippen MR) is 259 cm³/mol. The molecular formula is C60H38N4. The normalized spacial score (nSPS) is 12.8. The number of nitriles is 1. The second-order valence-electron chi connectivity index (χ2n) is 16.4. The second kappa shape index (κ2) is 15.1. The molecule has 4 heteroatoms. The summed E-state index contributed by atoms with van der Waals surface area (Å²) in [6.07, 6.45) is 0. The van der Waals surface area contributed by atoms with Crippen molar-refractivity contribution in [2.75, 3.05) is 4.90 Å². The van der Waals surface area contributed by atoms with Gasteiger partial charge in [0.05, 0.1) is 39.8 Å². The van der Waals surface area contributed by atoms with Crippen LogP contribution in [0.15, 0.2) is 231 Å².